The van der Waals surface area contributed by atoms with Crippen LogP contribution in [0, 0.1) is 12.3 Å². The molecule has 0 radical (unpaired) electrons. The fraction of sp³-hybridized carbons (Fsp3) is 0.769. The first kappa shape index (κ1) is 14.5. The molecule has 1 aromatic rings. The van der Waals surface area contributed by atoms with Crippen LogP contribution in [0.4, 0.5) is 0 Å². The van der Waals surface area contributed by atoms with Crippen LogP contribution in [0.15, 0.2) is 0 Å². The molecule has 0 aliphatic carbocycles. The van der Waals surface area contributed by atoms with Crippen LogP contribution in [0.1, 0.15) is 39.0 Å². The van der Waals surface area contributed by atoms with E-state index in [-0.39, 0.29) is 5.41 Å². The Morgan fingerprint density at radius 3 is 2.41 bits per heavy atom. The van der Waals surface area contributed by atoms with Gasteiger partial charge in [-0.25, -0.2) is 0 Å². The van der Waals surface area contributed by atoms with E-state index >= 15 is 0 Å². The van der Waals surface area contributed by atoms with Gasteiger partial charge in [-0.2, -0.15) is 5.10 Å². The molecule has 1 aromatic heterocycles. The zero-order chi connectivity index (χ0) is 13.2. The maximum Gasteiger partial charge on any atom is 0.130 e. The Balaban J connectivity index is 2.75. The minimum Gasteiger partial charge on any atom is -0.314 e. The van der Waals surface area contributed by atoms with Gasteiger partial charge < -0.3 is 5.32 Å². The largest absolute Gasteiger partial charge is 0.314 e. The number of aryl methyl sites for hydroxylation is 2. The Hall–Kier alpha value is -0.540. The van der Waals surface area contributed by atoms with Gasteiger partial charge in [0, 0.05) is 25.2 Å². The summed E-state index contributed by atoms with van der Waals surface area (Å²) in [6.07, 6.45) is 0.950. The number of aromatic nitrogens is 2. The van der Waals surface area contributed by atoms with Gasteiger partial charge in [-0.05, 0) is 18.8 Å². The number of hydrogen-bond donors (Lipinski definition) is 1. The van der Waals surface area contributed by atoms with Gasteiger partial charge in [-0.1, -0.05) is 39.3 Å². The summed E-state index contributed by atoms with van der Waals surface area (Å²) in [7, 11) is 1.89. The molecular formula is C13H24ClN3. The third-order valence-corrected chi connectivity index (χ3v) is 3.39. The highest BCUT2D eigenvalue weighted by molar-refractivity contribution is 6.30. The van der Waals surface area contributed by atoms with E-state index in [1.807, 2.05) is 14.0 Å². The lowest BCUT2D eigenvalue weighted by molar-refractivity contribution is 0.325. The summed E-state index contributed by atoms with van der Waals surface area (Å²) in [6.45, 7) is 11.8. The Morgan fingerprint density at radius 1 is 1.41 bits per heavy atom. The summed E-state index contributed by atoms with van der Waals surface area (Å²) >= 11 is 6.26. The number of nitrogens with zero attached hydrogens (tertiary/aromatic N) is 2. The van der Waals surface area contributed by atoms with Gasteiger partial charge in [-0.15, -0.1) is 0 Å². The van der Waals surface area contributed by atoms with Crippen molar-refractivity contribution in [2.75, 3.05) is 6.54 Å². The summed E-state index contributed by atoms with van der Waals surface area (Å²) in [5.41, 5.74) is 2.39. The van der Waals surface area contributed by atoms with E-state index in [4.69, 9.17) is 11.6 Å². The van der Waals surface area contributed by atoms with Gasteiger partial charge in [0.25, 0.3) is 0 Å². The molecule has 0 unspecified atom stereocenters. The molecule has 0 aromatic carbocycles. The monoisotopic (exact) mass is 257 g/mol. The lowest BCUT2D eigenvalue weighted by Crippen LogP contribution is -2.35. The minimum absolute atomic E-state index is 0.182. The minimum atomic E-state index is 0.182. The SMILES string of the molecule is Cc1nn(C)c(Cl)c1CC(C)(C)CNC(C)C. The maximum absolute atomic E-state index is 6.26. The number of hydrogen-bond acceptors (Lipinski definition) is 2. The lowest BCUT2D eigenvalue weighted by atomic mass is 9.85. The van der Waals surface area contributed by atoms with E-state index in [0.29, 0.717) is 6.04 Å². The van der Waals surface area contributed by atoms with Gasteiger partial charge in [0.05, 0.1) is 5.69 Å². The molecule has 17 heavy (non-hydrogen) atoms. The number of nitrogens with one attached hydrogen (secondary N) is 1. The normalized spacial score (nSPS) is 12.5. The van der Waals surface area contributed by atoms with Crippen molar-refractivity contribution >= 4 is 11.6 Å². The second-order valence-electron chi connectivity index (χ2n) is 5.85. The standard InChI is InChI=1S/C13H24ClN3/c1-9(2)15-8-13(4,5)7-11-10(3)16-17(6)12(11)14/h9,15H,7-8H2,1-6H3. The third-order valence-electron chi connectivity index (χ3n) is 2.91. The lowest BCUT2D eigenvalue weighted by Gasteiger charge is -2.26. The molecule has 0 aliphatic rings. The highest BCUT2D eigenvalue weighted by Crippen LogP contribution is 2.28. The van der Waals surface area contributed by atoms with Gasteiger partial charge in [-0.3, -0.25) is 4.68 Å². The quantitative estimate of drug-likeness (QED) is 0.879. The summed E-state index contributed by atoms with van der Waals surface area (Å²) in [5.74, 6) is 0. The molecule has 1 rings (SSSR count). The Morgan fingerprint density at radius 2 is 2.00 bits per heavy atom. The summed E-state index contributed by atoms with van der Waals surface area (Å²) in [4.78, 5) is 0. The molecule has 0 spiro atoms. The van der Waals surface area contributed by atoms with E-state index in [9.17, 15) is 0 Å². The third kappa shape index (κ3) is 4.00. The summed E-state index contributed by atoms with van der Waals surface area (Å²) in [6, 6.07) is 0.514. The Bertz CT molecular complexity index is 380. The van der Waals surface area contributed by atoms with Crippen molar-refractivity contribution in [3.05, 3.63) is 16.4 Å². The fourth-order valence-corrected chi connectivity index (χ4v) is 2.14. The molecule has 0 saturated carbocycles. The van der Waals surface area contributed by atoms with Gasteiger partial charge in [0.2, 0.25) is 0 Å². The molecule has 0 atom stereocenters. The highest BCUT2D eigenvalue weighted by atomic mass is 35.5. The smallest absolute Gasteiger partial charge is 0.130 e. The van der Waals surface area contributed by atoms with E-state index in [2.05, 4.69) is 38.1 Å². The summed E-state index contributed by atoms with van der Waals surface area (Å²) < 4.78 is 1.75. The first-order valence-electron chi connectivity index (χ1n) is 6.14. The van der Waals surface area contributed by atoms with Crippen LogP contribution in [0.3, 0.4) is 0 Å². The second kappa shape index (κ2) is 5.40. The van der Waals surface area contributed by atoms with Crippen molar-refractivity contribution in [2.45, 2.75) is 47.1 Å². The topological polar surface area (TPSA) is 29.9 Å². The molecule has 1 N–H and O–H groups in total. The van der Waals surface area contributed by atoms with Gasteiger partial charge in [0.15, 0.2) is 0 Å². The van der Waals surface area contributed by atoms with Crippen molar-refractivity contribution < 1.29 is 0 Å². The average Bonchev–Trinajstić information content (AvgIpc) is 2.42. The molecule has 98 valence electrons. The molecular weight excluding hydrogens is 234 g/mol. The van der Waals surface area contributed by atoms with Gasteiger partial charge >= 0.3 is 0 Å². The van der Waals surface area contributed by atoms with Crippen LogP contribution >= 0.6 is 11.6 Å². The molecule has 4 heteroatoms. The van der Waals surface area contributed by atoms with Crippen LogP contribution in [0.5, 0.6) is 0 Å². The Labute approximate surface area is 110 Å². The van der Waals surface area contributed by atoms with Crippen molar-refractivity contribution in [3.8, 4) is 0 Å². The summed E-state index contributed by atoms with van der Waals surface area (Å²) in [5, 5.41) is 8.60. The number of halogens is 1. The Kier molecular flexibility index (Phi) is 4.62. The predicted octanol–water partition coefficient (Wildman–Crippen LogP) is 2.95. The average molecular weight is 258 g/mol. The first-order valence-corrected chi connectivity index (χ1v) is 6.52. The molecule has 0 amide bonds. The predicted molar refractivity (Wildman–Crippen MR) is 73.6 cm³/mol. The zero-order valence-electron chi connectivity index (χ0n) is 11.8. The molecule has 0 saturated heterocycles. The highest BCUT2D eigenvalue weighted by Gasteiger charge is 2.23. The van der Waals surface area contributed by atoms with Crippen molar-refractivity contribution in [2.24, 2.45) is 12.5 Å². The van der Waals surface area contributed by atoms with Crippen LogP contribution < -0.4 is 5.32 Å². The molecule has 0 bridgehead atoms. The van der Waals surface area contributed by atoms with E-state index in [0.717, 1.165) is 23.8 Å². The molecule has 0 fully saturated rings. The molecule has 0 aliphatic heterocycles. The van der Waals surface area contributed by atoms with Crippen molar-refractivity contribution in [1.82, 2.24) is 15.1 Å². The van der Waals surface area contributed by atoms with Crippen molar-refractivity contribution in [1.29, 1.82) is 0 Å². The van der Waals surface area contributed by atoms with Crippen LogP contribution in [-0.2, 0) is 13.5 Å². The van der Waals surface area contributed by atoms with Crippen LogP contribution in [0.25, 0.3) is 0 Å². The zero-order valence-corrected chi connectivity index (χ0v) is 12.5. The molecule has 3 nitrogen and oxygen atoms in total. The fourth-order valence-electron chi connectivity index (χ4n) is 1.90. The van der Waals surface area contributed by atoms with E-state index < -0.39 is 0 Å². The van der Waals surface area contributed by atoms with E-state index in [1.54, 1.807) is 4.68 Å². The van der Waals surface area contributed by atoms with E-state index in [1.165, 1.54) is 5.56 Å². The van der Waals surface area contributed by atoms with Crippen LogP contribution in [0.2, 0.25) is 5.15 Å². The van der Waals surface area contributed by atoms with Crippen molar-refractivity contribution in [3.63, 3.8) is 0 Å². The van der Waals surface area contributed by atoms with Crippen LogP contribution in [-0.4, -0.2) is 22.4 Å². The second-order valence-corrected chi connectivity index (χ2v) is 6.21. The maximum atomic E-state index is 6.26. The molecule has 1 heterocycles. The first-order chi connectivity index (χ1) is 7.73. The van der Waals surface area contributed by atoms with Gasteiger partial charge in [0.1, 0.15) is 5.15 Å². The number of rotatable bonds is 5.